The first-order valence-electron chi connectivity index (χ1n) is 20.8. The largest absolute Gasteiger partial charge is 0.448 e. The molecule has 2 amide bonds. The molecule has 0 saturated carbocycles. The van der Waals surface area contributed by atoms with Crippen LogP contribution in [0.5, 0.6) is 0 Å². The fourth-order valence-corrected chi connectivity index (χ4v) is 11.5. The molecule has 2 aromatic heterocycles. The minimum atomic E-state index is -0.992. The third kappa shape index (κ3) is 9.17. The van der Waals surface area contributed by atoms with Gasteiger partial charge in [0.1, 0.15) is 40.5 Å². The lowest BCUT2D eigenvalue weighted by molar-refractivity contribution is -0.154. The van der Waals surface area contributed by atoms with Crippen LogP contribution in [0.25, 0.3) is 0 Å². The molecule has 16 heteroatoms. The van der Waals surface area contributed by atoms with Crippen LogP contribution in [0.3, 0.4) is 0 Å². The molecule has 330 valence electrons. The number of thiazole rings is 1. The van der Waals surface area contributed by atoms with Crippen molar-refractivity contribution >= 4 is 74.8 Å². The maximum absolute atomic E-state index is 14.5. The van der Waals surface area contributed by atoms with Crippen LogP contribution < -0.4 is 10.6 Å². The molecular weight excluding hydrogens is 907 g/mol. The Bertz CT molecular complexity index is 2780. The van der Waals surface area contributed by atoms with Crippen molar-refractivity contribution in [3.8, 4) is 0 Å². The summed E-state index contributed by atoms with van der Waals surface area (Å²) >= 11 is 5.56. The zero-order valence-electron chi connectivity index (χ0n) is 35.5. The number of rotatable bonds is 16. The molecule has 0 spiro atoms. The Morgan fingerprint density at radius 3 is 1.92 bits per heavy atom. The highest BCUT2D eigenvalue weighted by Gasteiger charge is 2.55. The molecule has 1 fully saturated rings. The quantitative estimate of drug-likeness (QED) is 0.0239. The van der Waals surface area contributed by atoms with Gasteiger partial charge in [-0.15, -0.1) is 33.3 Å². The highest BCUT2D eigenvalue weighted by molar-refractivity contribution is 8.03. The zero-order chi connectivity index (χ0) is 45.5. The van der Waals surface area contributed by atoms with E-state index < -0.39 is 40.8 Å². The van der Waals surface area contributed by atoms with E-state index >= 15 is 0 Å². The maximum Gasteiger partial charge on any atom is 0.356 e. The lowest BCUT2D eigenvalue weighted by atomic mass is 9.77. The average Bonchev–Trinajstić information content (AvgIpc) is 4.02. The summed E-state index contributed by atoms with van der Waals surface area (Å²) in [5, 5.41) is 23.3. The van der Waals surface area contributed by atoms with E-state index in [4.69, 9.17) is 14.6 Å². The van der Waals surface area contributed by atoms with E-state index in [2.05, 4.69) is 62.4 Å². The molecule has 0 aliphatic carbocycles. The monoisotopic (exact) mass is 947 g/mol. The van der Waals surface area contributed by atoms with Gasteiger partial charge in [-0.3, -0.25) is 14.5 Å². The fourth-order valence-electron chi connectivity index (χ4n) is 7.89. The van der Waals surface area contributed by atoms with Crippen LogP contribution in [0.4, 0.5) is 5.13 Å². The van der Waals surface area contributed by atoms with E-state index in [9.17, 15) is 14.4 Å². The van der Waals surface area contributed by atoms with Crippen molar-refractivity contribution in [2.75, 3.05) is 18.2 Å². The molecular formula is C50H41N7O5S4. The van der Waals surface area contributed by atoms with Gasteiger partial charge in [0, 0.05) is 11.1 Å². The molecule has 2 aliphatic rings. The molecule has 0 bridgehead atoms. The Morgan fingerprint density at radius 2 is 1.39 bits per heavy atom. The second-order valence-electron chi connectivity index (χ2n) is 15.0. The number of anilines is 1. The summed E-state index contributed by atoms with van der Waals surface area (Å²) in [5.74, 6) is -1.46. The summed E-state index contributed by atoms with van der Waals surface area (Å²) in [4.78, 5) is 54.6. The molecule has 0 radical (unpaired) electrons. The molecule has 66 heavy (non-hydrogen) atoms. The van der Waals surface area contributed by atoms with Crippen LogP contribution >= 0.6 is 46.2 Å². The number of nitrogens with one attached hydrogen (secondary N) is 2. The van der Waals surface area contributed by atoms with Gasteiger partial charge in [0.25, 0.3) is 11.8 Å². The minimum absolute atomic E-state index is 0.108. The van der Waals surface area contributed by atoms with Gasteiger partial charge < -0.3 is 20.2 Å². The summed E-state index contributed by atoms with van der Waals surface area (Å²) in [6, 6.07) is 48.3. The number of thioether (sulfide) groups is 2. The number of oxime groups is 1. The minimum Gasteiger partial charge on any atom is -0.448 e. The molecule has 2 atom stereocenters. The summed E-state index contributed by atoms with van der Waals surface area (Å²) in [5.41, 5.74) is 4.47. The van der Waals surface area contributed by atoms with Crippen LogP contribution in [-0.4, -0.2) is 67.9 Å². The number of allylic oxidation sites excluding steroid dienone is 1. The normalized spacial score (nSPS) is 16.2. The van der Waals surface area contributed by atoms with Crippen molar-refractivity contribution in [2.24, 2.45) is 5.16 Å². The van der Waals surface area contributed by atoms with Gasteiger partial charge in [0.2, 0.25) is 0 Å². The predicted octanol–water partition coefficient (Wildman–Crippen LogP) is 9.35. The number of hydrogen-bond acceptors (Lipinski definition) is 14. The SMILES string of the molecule is CO/N=C(/C(=O)NC1C(=O)N2C(C(=O)OC(c3ccccc3)c3ccccc3)=C(/C=C/Sc3nnc(C)s3)CSC12)c1csc(NC(c2ccccc2)(c2ccccc2)c2ccccc2)n1. The maximum atomic E-state index is 14.5. The first kappa shape index (κ1) is 44.4. The number of nitrogens with zero attached hydrogens (tertiary/aromatic N) is 5. The highest BCUT2D eigenvalue weighted by Crippen LogP contribution is 2.43. The first-order chi connectivity index (χ1) is 32.3. The van der Waals surface area contributed by atoms with Gasteiger partial charge in [0.05, 0.1) is 0 Å². The number of fused-ring (bicyclic) bond motifs is 1. The van der Waals surface area contributed by atoms with E-state index in [0.717, 1.165) is 37.2 Å². The van der Waals surface area contributed by atoms with E-state index in [0.29, 0.717) is 16.5 Å². The van der Waals surface area contributed by atoms with Gasteiger partial charge in [-0.05, 0) is 51.8 Å². The number of aryl methyl sites for hydroxylation is 1. The third-order valence-corrected chi connectivity index (χ3v) is 14.7. The van der Waals surface area contributed by atoms with Gasteiger partial charge in [-0.2, -0.15) is 0 Å². The zero-order valence-corrected chi connectivity index (χ0v) is 38.8. The number of benzene rings is 5. The van der Waals surface area contributed by atoms with Crippen LogP contribution in [0.2, 0.25) is 0 Å². The number of carbonyl (C=O) groups is 3. The summed E-state index contributed by atoms with van der Waals surface area (Å²) in [7, 11) is 1.34. The predicted molar refractivity (Wildman–Crippen MR) is 261 cm³/mol. The Morgan fingerprint density at radius 1 is 0.833 bits per heavy atom. The van der Waals surface area contributed by atoms with E-state index in [-0.39, 0.29) is 17.1 Å². The molecule has 7 aromatic rings. The Hall–Kier alpha value is -6.85. The van der Waals surface area contributed by atoms with Crippen molar-refractivity contribution in [3.05, 3.63) is 218 Å². The third-order valence-electron chi connectivity index (χ3n) is 10.9. The van der Waals surface area contributed by atoms with Crippen LogP contribution in [0.15, 0.2) is 189 Å². The summed E-state index contributed by atoms with van der Waals surface area (Å²) in [6.07, 6.45) is 1.06. The van der Waals surface area contributed by atoms with Gasteiger partial charge >= 0.3 is 5.97 Å². The summed E-state index contributed by atoms with van der Waals surface area (Å²) < 4.78 is 7.07. The molecule has 12 nitrogen and oxygen atoms in total. The second kappa shape index (κ2) is 20.1. The van der Waals surface area contributed by atoms with Gasteiger partial charge in [-0.1, -0.05) is 180 Å². The number of carbonyl (C=O) groups excluding carboxylic acids is 3. The Balaban J connectivity index is 0.985. The van der Waals surface area contributed by atoms with Crippen molar-refractivity contribution in [1.82, 2.24) is 25.4 Å². The van der Waals surface area contributed by atoms with Gasteiger partial charge in [-0.25, -0.2) is 9.78 Å². The summed E-state index contributed by atoms with van der Waals surface area (Å²) in [6.45, 7) is 1.88. The van der Waals surface area contributed by atoms with Crippen LogP contribution in [0, 0.1) is 6.92 Å². The smallest absolute Gasteiger partial charge is 0.356 e. The number of ether oxygens (including phenoxy) is 1. The van der Waals surface area contributed by atoms with E-state index in [1.165, 1.54) is 58.2 Å². The van der Waals surface area contributed by atoms with Crippen molar-refractivity contribution in [1.29, 1.82) is 0 Å². The molecule has 2 unspecified atom stereocenters. The molecule has 2 N–H and O–H groups in total. The lowest BCUT2D eigenvalue weighted by Gasteiger charge is -2.49. The average molecular weight is 948 g/mol. The van der Waals surface area contributed by atoms with E-state index in [1.54, 1.807) is 11.5 Å². The first-order valence-corrected chi connectivity index (χ1v) is 24.4. The molecule has 1 saturated heterocycles. The number of β-lactam (4-membered cyclic amide) rings is 1. The van der Waals surface area contributed by atoms with E-state index in [1.807, 2.05) is 128 Å². The Labute approximate surface area is 397 Å². The number of amides is 2. The topological polar surface area (TPSA) is 148 Å². The Kier molecular flexibility index (Phi) is 13.5. The lowest BCUT2D eigenvalue weighted by Crippen LogP contribution is -2.71. The highest BCUT2D eigenvalue weighted by atomic mass is 32.2. The molecule has 9 rings (SSSR count). The second-order valence-corrected chi connectivity index (χ2v) is 19.3. The van der Waals surface area contributed by atoms with Crippen molar-refractivity contribution in [3.63, 3.8) is 0 Å². The number of esters is 1. The van der Waals surface area contributed by atoms with Crippen molar-refractivity contribution in [2.45, 2.75) is 34.3 Å². The number of hydrogen-bond donors (Lipinski definition) is 2. The molecule has 5 aromatic carbocycles. The van der Waals surface area contributed by atoms with Gasteiger partial charge in [0.15, 0.2) is 21.3 Å². The van der Waals surface area contributed by atoms with Crippen molar-refractivity contribution < 1.29 is 24.0 Å². The fraction of sp³-hybridized carbons (Fsp3) is 0.140. The molecule has 4 heterocycles. The number of aromatic nitrogens is 3. The molecule has 2 aliphatic heterocycles. The standard InChI is InChI=1S/C50H41N7O5S4/c1-32-54-55-49(66-32)63-29-28-35-30-64-46-41(45(59)57(46)42(35)47(60)62-43(33-18-8-3-9-19-33)34-20-10-4-11-21-34)52-44(58)40(56-61-2)39-31-65-48(51-39)53-50(36-22-12-5-13-23-36,37-24-14-6-15-25-37)38-26-16-7-17-27-38/h3-29,31,41,43,46H,30H2,1-2H3,(H,51,53)(H,52,58)/b29-28+,56-40+. The van der Waals surface area contributed by atoms with Crippen LogP contribution in [0.1, 0.15) is 44.6 Å². The van der Waals surface area contributed by atoms with Crippen LogP contribution in [-0.2, 0) is 29.5 Å².